The number of hydrogen-bond acceptors (Lipinski definition) is 3. The molecule has 0 bridgehead atoms. The second kappa shape index (κ2) is 8.29. The third kappa shape index (κ3) is 5.71. The van der Waals surface area contributed by atoms with Gasteiger partial charge < -0.3 is 15.5 Å². The first kappa shape index (κ1) is 17.0. The lowest BCUT2D eigenvalue weighted by Crippen LogP contribution is -2.22. The molecule has 2 aromatic rings. The molecule has 2 N–H and O–H groups in total. The van der Waals surface area contributed by atoms with Gasteiger partial charge in [-0.25, -0.2) is 4.39 Å². The molecule has 0 unspecified atom stereocenters. The Morgan fingerprint density at radius 3 is 2.30 bits per heavy atom. The van der Waals surface area contributed by atoms with Gasteiger partial charge in [-0.15, -0.1) is 0 Å². The van der Waals surface area contributed by atoms with Gasteiger partial charge in [-0.3, -0.25) is 4.79 Å². The molecular formula is C18H22FN3O. The van der Waals surface area contributed by atoms with Crippen LogP contribution in [0.25, 0.3) is 0 Å². The third-order valence-electron chi connectivity index (χ3n) is 3.40. The van der Waals surface area contributed by atoms with Gasteiger partial charge in [0.15, 0.2) is 0 Å². The number of nitrogens with zero attached hydrogens (tertiary/aromatic N) is 1. The SMILES string of the molecule is CN(C)CCNc1ccc(CNC(=O)c2ccc(F)cc2)cc1. The molecule has 122 valence electrons. The molecular weight excluding hydrogens is 293 g/mol. The first-order valence-corrected chi connectivity index (χ1v) is 7.56. The van der Waals surface area contributed by atoms with Crippen LogP contribution in [0.15, 0.2) is 48.5 Å². The second-order valence-corrected chi connectivity index (χ2v) is 5.62. The Morgan fingerprint density at radius 2 is 1.70 bits per heavy atom. The van der Waals surface area contributed by atoms with Crippen molar-refractivity contribution in [2.24, 2.45) is 0 Å². The maximum absolute atomic E-state index is 12.8. The largest absolute Gasteiger partial charge is 0.384 e. The maximum Gasteiger partial charge on any atom is 0.251 e. The lowest BCUT2D eigenvalue weighted by Gasteiger charge is -2.12. The van der Waals surface area contributed by atoms with E-state index in [1.54, 1.807) is 0 Å². The fraction of sp³-hybridized carbons (Fsp3) is 0.278. The monoisotopic (exact) mass is 315 g/mol. The molecule has 0 heterocycles. The van der Waals surface area contributed by atoms with E-state index in [4.69, 9.17) is 0 Å². The molecule has 2 rings (SSSR count). The molecule has 0 aliphatic carbocycles. The van der Waals surface area contributed by atoms with E-state index in [0.717, 1.165) is 24.3 Å². The molecule has 0 atom stereocenters. The summed E-state index contributed by atoms with van der Waals surface area (Å²) >= 11 is 0. The molecule has 0 aliphatic heterocycles. The summed E-state index contributed by atoms with van der Waals surface area (Å²) in [5.74, 6) is -0.558. The van der Waals surface area contributed by atoms with Gasteiger partial charge >= 0.3 is 0 Å². The fourth-order valence-corrected chi connectivity index (χ4v) is 2.05. The average Bonchev–Trinajstić information content (AvgIpc) is 2.54. The molecule has 0 aliphatic rings. The minimum Gasteiger partial charge on any atom is -0.384 e. The Kier molecular flexibility index (Phi) is 6.11. The summed E-state index contributed by atoms with van der Waals surface area (Å²) < 4.78 is 12.8. The summed E-state index contributed by atoms with van der Waals surface area (Å²) in [6, 6.07) is 13.5. The molecule has 0 fully saturated rings. The van der Waals surface area contributed by atoms with Crippen LogP contribution in [0.1, 0.15) is 15.9 Å². The van der Waals surface area contributed by atoms with Crippen LogP contribution in [0.5, 0.6) is 0 Å². The summed E-state index contributed by atoms with van der Waals surface area (Å²) in [7, 11) is 4.07. The zero-order chi connectivity index (χ0) is 16.7. The molecule has 0 saturated heterocycles. The van der Waals surface area contributed by atoms with E-state index in [0.29, 0.717) is 12.1 Å². The Bertz CT molecular complexity index is 624. The summed E-state index contributed by atoms with van der Waals surface area (Å²) in [5.41, 5.74) is 2.52. The molecule has 1 amide bonds. The van der Waals surface area contributed by atoms with Gasteiger partial charge in [0, 0.05) is 30.9 Å². The van der Waals surface area contributed by atoms with Crippen molar-refractivity contribution >= 4 is 11.6 Å². The summed E-state index contributed by atoms with van der Waals surface area (Å²) in [4.78, 5) is 14.1. The van der Waals surface area contributed by atoms with Crippen molar-refractivity contribution < 1.29 is 9.18 Å². The van der Waals surface area contributed by atoms with Gasteiger partial charge in [-0.05, 0) is 56.1 Å². The van der Waals surface area contributed by atoms with Crippen LogP contribution in [-0.4, -0.2) is 38.0 Å². The molecule has 4 nitrogen and oxygen atoms in total. The number of carbonyl (C=O) groups is 1. The van der Waals surface area contributed by atoms with Gasteiger partial charge in [0.1, 0.15) is 5.82 Å². The fourth-order valence-electron chi connectivity index (χ4n) is 2.05. The number of anilines is 1. The number of rotatable bonds is 7. The number of likely N-dealkylation sites (N-methyl/N-ethyl adjacent to an activating group) is 1. The number of amides is 1. The van der Waals surface area contributed by atoms with Crippen molar-refractivity contribution in [3.63, 3.8) is 0 Å². The smallest absolute Gasteiger partial charge is 0.251 e. The highest BCUT2D eigenvalue weighted by Gasteiger charge is 2.05. The summed E-state index contributed by atoms with van der Waals surface area (Å²) in [6.45, 7) is 2.29. The topological polar surface area (TPSA) is 44.4 Å². The average molecular weight is 315 g/mol. The molecule has 23 heavy (non-hydrogen) atoms. The second-order valence-electron chi connectivity index (χ2n) is 5.62. The molecule has 0 spiro atoms. The Balaban J connectivity index is 1.81. The molecule has 0 radical (unpaired) electrons. The van der Waals surface area contributed by atoms with Crippen molar-refractivity contribution in [1.29, 1.82) is 0 Å². The van der Waals surface area contributed by atoms with E-state index in [-0.39, 0.29) is 11.7 Å². The Labute approximate surface area is 136 Å². The van der Waals surface area contributed by atoms with E-state index < -0.39 is 0 Å². The van der Waals surface area contributed by atoms with Gasteiger partial charge in [0.25, 0.3) is 5.91 Å². The zero-order valence-corrected chi connectivity index (χ0v) is 13.5. The van der Waals surface area contributed by atoms with E-state index in [1.807, 2.05) is 38.4 Å². The quantitative estimate of drug-likeness (QED) is 0.826. The van der Waals surface area contributed by atoms with E-state index in [1.165, 1.54) is 24.3 Å². The number of hydrogen-bond donors (Lipinski definition) is 2. The first-order valence-electron chi connectivity index (χ1n) is 7.56. The summed E-state index contributed by atoms with van der Waals surface area (Å²) in [5, 5.41) is 6.16. The minimum atomic E-state index is -0.348. The Morgan fingerprint density at radius 1 is 1.04 bits per heavy atom. The van der Waals surface area contributed by atoms with Gasteiger partial charge in [-0.1, -0.05) is 12.1 Å². The highest BCUT2D eigenvalue weighted by atomic mass is 19.1. The zero-order valence-electron chi connectivity index (χ0n) is 13.5. The molecule has 0 aromatic heterocycles. The predicted molar refractivity (Wildman–Crippen MR) is 91.1 cm³/mol. The lowest BCUT2D eigenvalue weighted by molar-refractivity contribution is 0.0951. The van der Waals surface area contributed by atoms with Gasteiger partial charge in [0.05, 0.1) is 0 Å². The highest BCUT2D eigenvalue weighted by Crippen LogP contribution is 2.09. The number of benzene rings is 2. The maximum atomic E-state index is 12.8. The van der Waals surface area contributed by atoms with Crippen molar-refractivity contribution in [3.8, 4) is 0 Å². The van der Waals surface area contributed by atoms with Crippen LogP contribution in [0.3, 0.4) is 0 Å². The lowest BCUT2D eigenvalue weighted by atomic mass is 10.2. The van der Waals surface area contributed by atoms with E-state index in [2.05, 4.69) is 15.5 Å². The van der Waals surface area contributed by atoms with Crippen LogP contribution in [0, 0.1) is 5.82 Å². The highest BCUT2D eigenvalue weighted by molar-refractivity contribution is 5.94. The van der Waals surface area contributed by atoms with E-state index in [9.17, 15) is 9.18 Å². The first-order chi connectivity index (χ1) is 11.0. The third-order valence-corrected chi connectivity index (χ3v) is 3.40. The van der Waals surface area contributed by atoms with Crippen LogP contribution in [0.4, 0.5) is 10.1 Å². The minimum absolute atomic E-state index is 0.210. The Hall–Kier alpha value is -2.40. The van der Waals surface area contributed by atoms with Crippen LogP contribution >= 0.6 is 0 Å². The number of carbonyl (C=O) groups excluding carboxylic acids is 1. The molecule has 2 aromatic carbocycles. The van der Waals surface area contributed by atoms with Gasteiger partial charge in [0.2, 0.25) is 0 Å². The summed E-state index contributed by atoms with van der Waals surface area (Å²) in [6.07, 6.45) is 0. The normalized spacial score (nSPS) is 10.6. The van der Waals surface area contributed by atoms with Crippen LogP contribution in [-0.2, 0) is 6.54 Å². The number of nitrogens with one attached hydrogen (secondary N) is 2. The van der Waals surface area contributed by atoms with Crippen molar-refractivity contribution in [2.45, 2.75) is 6.54 Å². The molecule has 5 heteroatoms. The van der Waals surface area contributed by atoms with E-state index >= 15 is 0 Å². The van der Waals surface area contributed by atoms with Gasteiger partial charge in [-0.2, -0.15) is 0 Å². The standard InChI is InChI=1S/C18H22FN3O/c1-22(2)12-11-20-17-9-3-14(4-10-17)13-21-18(23)15-5-7-16(19)8-6-15/h3-10,20H,11-13H2,1-2H3,(H,21,23). The van der Waals surface area contributed by atoms with Crippen LogP contribution in [0.2, 0.25) is 0 Å². The number of halogens is 1. The predicted octanol–water partition coefficient (Wildman–Crippen LogP) is 2.73. The molecule has 0 saturated carbocycles. The van der Waals surface area contributed by atoms with Crippen molar-refractivity contribution in [1.82, 2.24) is 10.2 Å². The van der Waals surface area contributed by atoms with Crippen molar-refractivity contribution in [2.75, 3.05) is 32.5 Å². The van der Waals surface area contributed by atoms with Crippen molar-refractivity contribution in [3.05, 3.63) is 65.5 Å². The van der Waals surface area contributed by atoms with Crippen LogP contribution < -0.4 is 10.6 Å².